The van der Waals surface area contributed by atoms with Gasteiger partial charge >= 0.3 is 0 Å². The number of rotatable bonds is 4. The highest BCUT2D eigenvalue weighted by molar-refractivity contribution is 5.95. The molecule has 5 nitrogen and oxygen atoms in total. The Morgan fingerprint density at radius 3 is 2.58 bits per heavy atom. The molecule has 26 heavy (non-hydrogen) atoms. The topological polar surface area (TPSA) is 58.8 Å². The van der Waals surface area contributed by atoms with Gasteiger partial charge in [0.25, 0.3) is 5.91 Å². The van der Waals surface area contributed by atoms with Crippen LogP contribution in [-0.4, -0.2) is 44.2 Å². The summed E-state index contributed by atoms with van der Waals surface area (Å²) in [4.78, 5) is 16.6. The van der Waals surface area contributed by atoms with Crippen LogP contribution >= 0.6 is 12.4 Å². The number of aryl methyl sites for hydroxylation is 1. The van der Waals surface area contributed by atoms with Crippen LogP contribution in [0.1, 0.15) is 21.5 Å². The number of hydrogen-bond acceptors (Lipinski definition) is 4. The molecule has 0 atom stereocenters. The molecule has 2 aromatic rings. The fourth-order valence-electron chi connectivity index (χ4n) is 3.22. The zero-order valence-corrected chi connectivity index (χ0v) is 16.1. The van der Waals surface area contributed by atoms with E-state index in [9.17, 15) is 4.79 Å². The molecule has 2 aromatic carbocycles. The van der Waals surface area contributed by atoms with E-state index in [4.69, 9.17) is 10.5 Å². The molecule has 3 rings (SSSR count). The van der Waals surface area contributed by atoms with Crippen LogP contribution in [0.15, 0.2) is 42.5 Å². The second-order valence-corrected chi connectivity index (χ2v) is 6.51. The molecular formula is C20H26ClN3O2. The molecule has 1 heterocycles. The number of ether oxygens (including phenoxy) is 1. The van der Waals surface area contributed by atoms with Gasteiger partial charge in [-0.05, 0) is 48.4 Å². The van der Waals surface area contributed by atoms with Crippen LogP contribution in [0.25, 0.3) is 0 Å². The fourth-order valence-corrected chi connectivity index (χ4v) is 3.22. The summed E-state index contributed by atoms with van der Waals surface area (Å²) in [7, 11) is 2.05. The number of halogens is 1. The minimum Gasteiger partial charge on any atom is -0.399 e. The summed E-state index contributed by atoms with van der Waals surface area (Å²) >= 11 is 0. The van der Waals surface area contributed by atoms with E-state index in [1.807, 2.05) is 48.2 Å². The number of benzene rings is 2. The minimum absolute atomic E-state index is 0. The van der Waals surface area contributed by atoms with Crippen molar-refractivity contribution in [1.82, 2.24) is 4.90 Å². The van der Waals surface area contributed by atoms with Gasteiger partial charge in [-0.25, -0.2) is 0 Å². The molecule has 1 fully saturated rings. The SMILES string of the molecule is Cc1cc(C(=O)N2CCOCC2)ccc1N(C)Cc1cccc(N)c1.Cl. The van der Waals surface area contributed by atoms with Crippen molar-refractivity contribution in [2.45, 2.75) is 13.5 Å². The fraction of sp³-hybridized carbons (Fsp3) is 0.350. The molecular weight excluding hydrogens is 350 g/mol. The summed E-state index contributed by atoms with van der Waals surface area (Å²) in [6.07, 6.45) is 0. The van der Waals surface area contributed by atoms with E-state index in [1.54, 1.807) is 0 Å². The number of amides is 1. The molecule has 6 heteroatoms. The number of morpholine rings is 1. The largest absolute Gasteiger partial charge is 0.399 e. The third-order valence-corrected chi connectivity index (χ3v) is 4.52. The predicted octanol–water partition coefficient (Wildman–Crippen LogP) is 3.11. The number of carbonyl (C=O) groups excluding carboxylic acids is 1. The van der Waals surface area contributed by atoms with E-state index in [0.29, 0.717) is 26.3 Å². The summed E-state index contributed by atoms with van der Waals surface area (Å²) in [5, 5.41) is 0. The Morgan fingerprint density at radius 2 is 1.92 bits per heavy atom. The molecule has 0 radical (unpaired) electrons. The van der Waals surface area contributed by atoms with Crippen molar-refractivity contribution < 1.29 is 9.53 Å². The van der Waals surface area contributed by atoms with Gasteiger partial charge in [-0.1, -0.05) is 12.1 Å². The summed E-state index contributed by atoms with van der Waals surface area (Å²) < 4.78 is 5.32. The highest BCUT2D eigenvalue weighted by Crippen LogP contribution is 2.23. The normalized spacial score (nSPS) is 13.8. The van der Waals surface area contributed by atoms with Crippen LogP contribution in [-0.2, 0) is 11.3 Å². The maximum absolute atomic E-state index is 12.6. The molecule has 1 amide bonds. The average molecular weight is 376 g/mol. The lowest BCUT2D eigenvalue weighted by atomic mass is 10.1. The third-order valence-electron chi connectivity index (χ3n) is 4.52. The number of nitrogens with zero attached hydrogens (tertiary/aromatic N) is 2. The second-order valence-electron chi connectivity index (χ2n) is 6.51. The van der Waals surface area contributed by atoms with Crippen molar-refractivity contribution in [2.24, 2.45) is 0 Å². The van der Waals surface area contributed by atoms with E-state index in [1.165, 1.54) is 0 Å². The maximum Gasteiger partial charge on any atom is 0.254 e. The zero-order chi connectivity index (χ0) is 17.8. The Hall–Kier alpha value is -2.24. The molecule has 1 saturated heterocycles. The lowest BCUT2D eigenvalue weighted by Crippen LogP contribution is -2.40. The van der Waals surface area contributed by atoms with E-state index >= 15 is 0 Å². The highest BCUT2D eigenvalue weighted by atomic mass is 35.5. The summed E-state index contributed by atoms with van der Waals surface area (Å²) in [5.41, 5.74) is 10.7. The summed E-state index contributed by atoms with van der Waals surface area (Å²) in [5.74, 6) is 0.0800. The average Bonchev–Trinajstić information content (AvgIpc) is 2.61. The lowest BCUT2D eigenvalue weighted by molar-refractivity contribution is 0.0303. The lowest BCUT2D eigenvalue weighted by Gasteiger charge is -2.27. The van der Waals surface area contributed by atoms with Gasteiger partial charge in [0.05, 0.1) is 13.2 Å². The molecule has 0 saturated carbocycles. The van der Waals surface area contributed by atoms with Crippen LogP contribution in [0.3, 0.4) is 0 Å². The predicted molar refractivity (Wildman–Crippen MR) is 108 cm³/mol. The Kier molecular flexibility index (Phi) is 6.89. The minimum atomic E-state index is 0. The van der Waals surface area contributed by atoms with Gasteiger partial charge in [0.15, 0.2) is 0 Å². The first-order valence-electron chi connectivity index (χ1n) is 8.58. The van der Waals surface area contributed by atoms with E-state index in [2.05, 4.69) is 18.0 Å². The van der Waals surface area contributed by atoms with Crippen molar-refractivity contribution in [3.05, 3.63) is 59.2 Å². The smallest absolute Gasteiger partial charge is 0.254 e. The first-order chi connectivity index (χ1) is 12.0. The molecule has 0 aromatic heterocycles. The zero-order valence-electron chi connectivity index (χ0n) is 15.3. The third kappa shape index (κ3) is 4.68. The number of nitrogens with two attached hydrogens (primary N) is 1. The first-order valence-corrected chi connectivity index (χ1v) is 8.58. The monoisotopic (exact) mass is 375 g/mol. The molecule has 0 aliphatic carbocycles. The Bertz CT molecular complexity index is 760. The first kappa shape index (κ1) is 20.1. The summed E-state index contributed by atoms with van der Waals surface area (Å²) in [6, 6.07) is 13.8. The van der Waals surface area contributed by atoms with Crippen LogP contribution < -0.4 is 10.6 Å². The number of anilines is 2. The number of nitrogen functional groups attached to an aromatic ring is 1. The van der Waals surface area contributed by atoms with Crippen molar-refractivity contribution in [3.8, 4) is 0 Å². The van der Waals surface area contributed by atoms with Gasteiger partial charge in [0.1, 0.15) is 0 Å². The molecule has 0 spiro atoms. The van der Waals surface area contributed by atoms with Gasteiger partial charge in [0.2, 0.25) is 0 Å². The highest BCUT2D eigenvalue weighted by Gasteiger charge is 2.19. The maximum atomic E-state index is 12.6. The summed E-state index contributed by atoms with van der Waals surface area (Å²) in [6.45, 7) is 5.37. The van der Waals surface area contributed by atoms with Gasteiger partial charge in [0, 0.05) is 43.6 Å². The van der Waals surface area contributed by atoms with Gasteiger partial charge in [-0.2, -0.15) is 0 Å². The van der Waals surface area contributed by atoms with Gasteiger partial charge in [-0.3, -0.25) is 4.79 Å². The van der Waals surface area contributed by atoms with E-state index in [0.717, 1.165) is 34.6 Å². The van der Waals surface area contributed by atoms with Crippen LogP contribution in [0.5, 0.6) is 0 Å². The van der Waals surface area contributed by atoms with Crippen LogP contribution in [0.2, 0.25) is 0 Å². The van der Waals surface area contributed by atoms with Crippen molar-refractivity contribution in [2.75, 3.05) is 44.0 Å². The van der Waals surface area contributed by atoms with Crippen LogP contribution in [0.4, 0.5) is 11.4 Å². The van der Waals surface area contributed by atoms with Crippen molar-refractivity contribution in [1.29, 1.82) is 0 Å². The van der Waals surface area contributed by atoms with E-state index in [-0.39, 0.29) is 18.3 Å². The molecule has 0 bridgehead atoms. The quantitative estimate of drug-likeness (QED) is 0.834. The number of hydrogen-bond donors (Lipinski definition) is 1. The molecule has 2 N–H and O–H groups in total. The Labute approximate surface area is 161 Å². The van der Waals surface area contributed by atoms with E-state index < -0.39 is 0 Å². The van der Waals surface area contributed by atoms with Gasteiger partial charge in [-0.15, -0.1) is 12.4 Å². The van der Waals surface area contributed by atoms with Crippen molar-refractivity contribution >= 4 is 29.7 Å². The van der Waals surface area contributed by atoms with Crippen molar-refractivity contribution in [3.63, 3.8) is 0 Å². The molecule has 0 unspecified atom stereocenters. The standard InChI is InChI=1S/C20H25N3O2.ClH/c1-15-12-17(20(24)23-8-10-25-11-9-23)6-7-19(15)22(2)14-16-4-3-5-18(21)13-16;/h3-7,12-13H,8-11,14,21H2,1-2H3;1H. The molecule has 140 valence electrons. The van der Waals surface area contributed by atoms with Crippen LogP contribution in [0, 0.1) is 6.92 Å². The molecule has 1 aliphatic heterocycles. The van der Waals surface area contributed by atoms with Gasteiger partial charge < -0.3 is 20.3 Å². The Balaban J connectivity index is 0.00000243. The number of carbonyl (C=O) groups is 1. The second kappa shape index (κ2) is 8.92. The Morgan fingerprint density at radius 1 is 1.19 bits per heavy atom. The molecule has 1 aliphatic rings.